The maximum Gasteiger partial charge on any atom is 0.321 e. The van der Waals surface area contributed by atoms with E-state index in [1.165, 1.54) is 0 Å². The molecular weight excluding hydrogens is 418 g/mol. The van der Waals surface area contributed by atoms with Crippen LogP contribution in [0, 0.1) is 0 Å². The number of para-hydroxylation sites is 1. The Labute approximate surface area is 176 Å². The van der Waals surface area contributed by atoms with E-state index < -0.39 is 9.84 Å². The molecule has 1 aromatic rings. The number of sulfone groups is 1. The standard InChI is InChI=1S/C19H28ClN3O5S/c1-27-10-11-28-18-16(20)3-2-4-17(18)22-19(24)23-8-5-14(6-9-23)21-15-7-12-29(25,26)13-15/h2-4,14-15,21H,5-13H2,1H3,(H,22,24)/t15-/m0/s1. The molecule has 2 N–H and O–H groups in total. The molecule has 0 bridgehead atoms. The lowest BCUT2D eigenvalue weighted by atomic mass is 10.0. The van der Waals surface area contributed by atoms with Crippen LogP contribution in [0.5, 0.6) is 5.75 Å². The van der Waals surface area contributed by atoms with Gasteiger partial charge in [-0.15, -0.1) is 0 Å². The molecule has 2 fully saturated rings. The van der Waals surface area contributed by atoms with Gasteiger partial charge in [0.1, 0.15) is 6.61 Å². The number of methoxy groups -OCH3 is 1. The minimum atomic E-state index is -2.89. The van der Waals surface area contributed by atoms with E-state index in [9.17, 15) is 13.2 Å². The quantitative estimate of drug-likeness (QED) is 0.624. The highest BCUT2D eigenvalue weighted by Gasteiger charge is 2.31. The smallest absolute Gasteiger partial charge is 0.321 e. The number of rotatable bonds is 7. The van der Waals surface area contributed by atoms with Gasteiger partial charge in [-0.05, 0) is 31.4 Å². The minimum absolute atomic E-state index is 0.0312. The van der Waals surface area contributed by atoms with Gasteiger partial charge in [0.15, 0.2) is 15.6 Å². The molecule has 2 amide bonds. The summed E-state index contributed by atoms with van der Waals surface area (Å²) in [5.74, 6) is 0.910. The Morgan fingerprint density at radius 2 is 1.97 bits per heavy atom. The summed E-state index contributed by atoms with van der Waals surface area (Å²) in [6.45, 7) is 1.95. The van der Waals surface area contributed by atoms with Crippen molar-refractivity contribution in [3.63, 3.8) is 0 Å². The van der Waals surface area contributed by atoms with Crippen LogP contribution < -0.4 is 15.4 Å². The molecule has 8 nitrogen and oxygen atoms in total. The van der Waals surface area contributed by atoms with E-state index in [2.05, 4.69) is 10.6 Å². The molecule has 0 radical (unpaired) electrons. The summed E-state index contributed by atoms with van der Waals surface area (Å²) >= 11 is 6.22. The number of urea groups is 1. The van der Waals surface area contributed by atoms with Crippen molar-refractivity contribution in [1.82, 2.24) is 10.2 Å². The molecule has 162 valence electrons. The number of likely N-dealkylation sites (tertiary alicyclic amines) is 1. The van der Waals surface area contributed by atoms with Crippen molar-refractivity contribution in [2.75, 3.05) is 50.2 Å². The second-order valence-electron chi connectivity index (χ2n) is 7.42. The SMILES string of the molecule is COCCOc1c(Cl)cccc1NC(=O)N1CCC(N[C@H]2CCS(=O)(=O)C2)CC1. The molecule has 0 aromatic heterocycles. The summed E-state index contributed by atoms with van der Waals surface area (Å²) < 4.78 is 33.8. The first-order chi connectivity index (χ1) is 13.9. The van der Waals surface area contributed by atoms with Crippen molar-refractivity contribution in [2.45, 2.75) is 31.3 Å². The average molecular weight is 446 g/mol. The van der Waals surface area contributed by atoms with Crippen molar-refractivity contribution < 1.29 is 22.7 Å². The molecule has 1 aromatic carbocycles. The lowest BCUT2D eigenvalue weighted by Crippen LogP contribution is -2.49. The molecule has 2 heterocycles. The number of hydrogen-bond donors (Lipinski definition) is 2. The van der Waals surface area contributed by atoms with Gasteiger partial charge in [-0.1, -0.05) is 17.7 Å². The number of halogens is 1. The maximum atomic E-state index is 12.7. The van der Waals surface area contributed by atoms with Crippen LogP contribution in [0.3, 0.4) is 0 Å². The third-order valence-electron chi connectivity index (χ3n) is 5.23. The molecule has 0 unspecified atom stereocenters. The normalized spacial score (nSPS) is 21.9. The topological polar surface area (TPSA) is 97.0 Å². The molecule has 3 rings (SSSR count). The fraction of sp³-hybridized carbons (Fsp3) is 0.632. The number of hydrogen-bond acceptors (Lipinski definition) is 6. The van der Waals surface area contributed by atoms with Gasteiger partial charge in [0.25, 0.3) is 0 Å². The molecular formula is C19H28ClN3O5S. The molecule has 2 aliphatic heterocycles. The summed E-state index contributed by atoms with van der Waals surface area (Å²) in [6.07, 6.45) is 2.25. The predicted molar refractivity (Wildman–Crippen MR) is 113 cm³/mol. The van der Waals surface area contributed by atoms with Crippen LogP contribution >= 0.6 is 11.6 Å². The molecule has 0 aliphatic carbocycles. The van der Waals surface area contributed by atoms with Crippen LogP contribution in [0.4, 0.5) is 10.5 Å². The van der Waals surface area contributed by atoms with E-state index in [4.69, 9.17) is 21.1 Å². The highest BCUT2D eigenvalue weighted by molar-refractivity contribution is 7.91. The van der Waals surface area contributed by atoms with Gasteiger partial charge in [0.05, 0.1) is 28.8 Å². The Kier molecular flexibility index (Phi) is 7.61. The minimum Gasteiger partial charge on any atom is -0.487 e. The van der Waals surface area contributed by atoms with Gasteiger partial charge in [-0.2, -0.15) is 0 Å². The summed E-state index contributed by atoms with van der Waals surface area (Å²) in [5, 5.41) is 6.75. The third kappa shape index (κ3) is 6.21. The molecule has 29 heavy (non-hydrogen) atoms. The summed E-state index contributed by atoms with van der Waals surface area (Å²) in [4.78, 5) is 14.4. The first-order valence-electron chi connectivity index (χ1n) is 9.80. The fourth-order valence-corrected chi connectivity index (χ4v) is 5.60. The molecule has 0 spiro atoms. The van der Waals surface area contributed by atoms with Crippen LogP contribution in [0.15, 0.2) is 18.2 Å². The Morgan fingerprint density at radius 1 is 1.21 bits per heavy atom. The lowest BCUT2D eigenvalue weighted by Gasteiger charge is -2.33. The number of benzene rings is 1. The number of piperidine rings is 1. The van der Waals surface area contributed by atoms with E-state index in [1.807, 2.05) is 0 Å². The molecule has 0 saturated carbocycles. The molecule has 1 atom stereocenters. The van der Waals surface area contributed by atoms with Crippen molar-refractivity contribution in [3.8, 4) is 5.75 Å². The van der Waals surface area contributed by atoms with E-state index in [-0.39, 0.29) is 29.6 Å². The average Bonchev–Trinajstić information content (AvgIpc) is 3.03. The van der Waals surface area contributed by atoms with Crippen molar-refractivity contribution in [3.05, 3.63) is 23.2 Å². The Morgan fingerprint density at radius 3 is 2.62 bits per heavy atom. The Bertz CT molecular complexity index is 812. The van der Waals surface area contributed by atoms with Crippen LogP contribution in [-0.4, -0.2) is 76.4 Å². The molecule has 2 saturated heterocycles. The van der Waals surface area contributed by atoms with E-state index in [1.54, 1.807) is 30.2 Å². The largest absolute Gasteiger partial charge is 0.487 e. The fourth-order valence-electron chi connectivity index (χ4n) is 3.68. The predicted octanol–water partition coefficient (Wildman–Crippen LogP) is 2.14. The van der Waals surface area contributed by atoms with E-state index in [0.717, 1.165) is 12.8 Å². The summed E-state index contributed by atoms with van der Waals surface area (Å²) in [7, 11) is -1.30. The number of carbonyl (C=O) groups excluding carboxylic acids is 1. The van der Waals surface area contributed by atoms with Gasteiger partial charge in [0, 0.05) is 32.3 Å². The zero-order chi connectivity index (χ0) is 20.9. The van der Waals surface area contributed by atoms with Crippen LogP contribution in [0.25, 0.3) is 0 Å². The highest BCUT2D eigenvalue weighted by atomic mass is 35.5. The van der Waals surface area contributed by atoms with Gasteiger partial charge in [0.2, 0.25) is 0 Å². The number of amides is 2. The number of ether oxygens (including phenoxy) is 2. The van der Waals surface area contributed by atoms with Gasteiger partial charge >= 0.3 is 6.03 Å². The number of nitrogens with zero attached hydrogens (tertiary/aromatic N) is 1. The maximum absolute atomic E-state index is 12.7. The van der Waals surface area contributed by atoms with Crippen LogP contribution in [0.1, 0.15) is 19.3 Å². The highest BCUT2D eigenvalue weighted by Crippen LogP contribution is 2.33. The van der Waals surface area contributed by atoms with Crippen molar-refractivity contribution in [2.24, 2.45) is 0 Å². The second kappa shape index (κ2) is 9.97. The third-order valence-corrected chi connectivity index (χ3v) is 7.29. The van der Waals surface area contributed by atoms with Crippen LogP contribution in [-0.2, 0) is 14.6 Å². The summed E-state index contributed by atoms with van der Waals surface area (Å²) in [5.41, 5.74) is 0.523. The number of anilines is 1. The van der Waals surface area contributed by atoms with E-state index >= 15 is 0 Å². The number of nitrogens with one attached hydrogen (secondary N) is 2. The van der Waals surface area contributed by atoms with Gasteiger partial charge in [-0.25, -0.2) is 13.2 Å². The van der Waals surface area contributed by atoms with Gasteiger partial charge in [-0.3, -0.25) is 0 Å². The molecule has 10 heteroatoms. The Balaban J connectivity index is 1.50. The zero-order valence-electron chi connectivity index (χ0n) is 16.5. The summed E-state index contributed by atoms with van der Waals surface area (Å²) in [6, 6.07) is 5.28. The van der Waals surface area contributed by atoms with Crippen molar-refractivity contribution >= 4 is 33.2 Å². The first kappa shape index (κ1) is 22.1. The lowest BCUT2D eigenvalue weighted by molar-refractivity contribution is 0.146. The monoisotopic (exact) mass is 445 g/mol. The van der Waals surface area contributed by atoms with E-state index in [0.29, 0.717) is 49.2 Å². The molecule has 2 aliphatic rings. The number of carbonyl (C=O) groups is 1. The van der Waals surface area contributed by atoms with Crippen LogP contribution in [0.2, 0.25) is 5.02 Å². The van der Waals surface area contributed by atoms with Crippen molar-refractivity contribution in [1.29, 1.82) is 0 Å². The zero-order valence-corrected chi connectivity index (χ0v) is 18.1. The first-order valence-corrected chi connectivity index (χ1v) is 12.0. The second-order valence-corrected chi connectivity index (χ2v) is 10.1. The van der Waals surface area contributed by atoms with Gasteiger partial charge < -0.3 is 25.0 Å². The Hall–Kier alpha value is -1.55.